The molecule has 7 nitrogen and oxygen atoms in total. The maximum Gasteiger partial charge on any atom is 0.348 e. The summed E-state index contributed by atoms with van der Waals surface area (Å²) >= 11 is 6.26. The Morgan fingerprint density at radius 1 is 1.50 bits per heavy atom. The van der Waals surface area contributed by atoms with Crippen LogP contribution in [0.25, 0.3) is 0 Å². The van der Waals surface area contributed by atoms with Crippen molar-refractivity contribution >= 4 is 23.3 Å². The largest absolute Gasteiger partial charge is 0.485 e. The average molecular weight is 385 g/mol. The lowest BCUT2D eigenvalue weighted by molar-refractivity contribution is -0.147. The normalized spacial score (nSPS) is 25.1. The van der Waals surface area contributed by atoms with Gasteiger partial charge in [-0.05, 0) is 49.8 Å². The van der Waals surface area contributed by atoms with Crippen molar-refractivity contribution in [1.82, 2.24) is 5.32 Å². The van der Waals surface area contributed by atoms with Gasteiger partial charge in [-0.25, -0.2) is 4.79 Å². The highest BCUT2D eigenvalue weighted by molar-refractivity contribution is 6.33. The molecule has 1 saturated heterocycles. The molecule has 1 fully saturated rings. The zero-order valence-electron chi connectivity index (χ0n) is 14.8. The van der Waals surface area contributed by atoms with Crippen LogP contribution in [0, 0.1) is 5.92 Å². The first-order chi connectivity index (χ1) is 12.5. The van der Waals surface area contributed by atoms with Crippen molar-refractivity contribution in [3.8, 4) is 11.5 Å². The third kappa shape index (κ3) is 4.16. The first-order valence-corrected chi connectivity index (χ1v) is 9.22. The number of hydrogen-bond donors (Lipinski definition) is 3. The highest BCUT2D eigenvalue weighted by atomic mass is 35.5. The summed E-state index contributed by atoms with van der Waals surface area (Å²) in [6.07, 6.45) is 2.79. The van der Waals surface area contributed by atoms with Gasteiger partial charge in [0.05, 0.1) is 10.7 Å². The quantitative estimate of drug-likeness (QED) is 0.645. The molecule has 0 amide bonds. The molecule has 1 aromatic rings. The highest BCUT2D eigenvalue weighted by Gasteiger charge is 2.32. The number of carbonyl (C=O) groups is 1. The number of hydrogen-bond acceptors (Lipinski definition) is 6. The summed E-state index contributed by atoms with van der Waals surface area (Å²) in [4.78, 5) is 11.2. The maximum atomic E-state index is 11.2. The predicted molar refractivity (Wildman–Crippen MR) is 98.1 cm³/mol. The fourth-order valence-electron chi connectivity index (χ4n) is 3.63. The third-order valence-corrected chi connectivity index (χ3v) is 5.31. The summed E-state index contributed by atoms with van der Waals surface area (Å²) in [7, 11) is 1.71. The van der Waals surface area contributed by atoms with Crippen LogP contribution in [0.15, 0.2) is 6.07 Å². The number of nitrogens with two attached hydrogens (primary N) is 1. The van der Waals surface area contributed by atoms with Crippen molar-refractivity contribution in [2.75, 3.05) is 32.6 Å². The smallest absolute Gasteiger partial charge is 0.348 e. The van der Waals surface area contributed by atoms with Crippen molar-refractivity contribution < 1.29 is 24.1 Å². The minimum atomic E-state index is -1.09. The molecular formula is C18H25ClN2O5. The van der Waals surface area contributed by atoms with E-state index >= 15 is 0 Å². The summed E-state index contributed by atoms with van der Waals surface area (Å²) in [5.41, 5.74) is 7.13. The topological polar surface area (TPSA) is 103 Å². The second-order valence-corrected chi connectivity index (χ2v) is 7.28. The third-order valence-electron chi connectivity index (χ3n) is 5.00. The molecule has 144 valence electrons. The van der Waals surface area contributed by atoms with E-state index in [9.17, 15) is 4.79 Å². The van der Waals surface area contributed by atoms with Gasteiger partial charge >= 0.3 is 5.97 Å². The van der Waals surface area contributed by atoms with E-state index in [-0.39, 0.29) is 18.0 Å². The van der Waals surface area contributed by atoms with Crippen LogP contribution in [0.5, 0.6) is 11.5 Å². The number of halogens is 1. The van der Waals surface area contributed by atoms with Gasteiger partial charge in [-0.1, -0.05) is 11.6 Å². The van der Waals surface area contributed by atoms with E-state index in [1.54, 1.807) is 7.11 Å². The lowest BCUT2D eigenvalue weighted by Crippen LogP contribution is -2.39. The molecule has 0 spiro atoms. The minimum Gasteiger partial charge on any atom is -0.485 e. The fourth-order valence-corrected chi connectivity index (χ4v) is 3.85. The van der Waals surface area contributed by atoms with E-state index in [4.69, 9.17) is 36.7 Å². The van der Waals surface area contributed by atoms with E-state index in [1.807, 2.05) is 6.07 Å². The molecule has 2 heterocycles. The molecule has 0 saturated carbocycles. The van der Waals surface area contributed by atoms with Crippen LogP contribution in [-0.2, 0) is 16.0 Å². The standard InChI is InChI=1S/C18H25ClN2O5/c1-24-5-3-12-7-10(2-4-21-12)6-11-8-13(19)15(20)17-16(11)25-9-14(26-17)18(22)23/h8,10,12,14,21H,2-7,9,20H2,1H3,(H,22,23). The van der Waals surface area contributed by atoms with E-state index in [0.717, 1.165) is 44.4 Å². The molecule has 4 N–H and O–H groups in total. The monoisotopic (exact) mass is 384 g/mol. The Bertz CT molecular complexity index is 669. The van der Waals surface area contributed by atoms with Crippen molar-refractivity contribution in [2.45, 2.75) is 37.8 Å². The van der Waals surface area contributed by atoms with Gasteiger partial charge in [0, 0.05) is 19.8 Å². The Hall–Kier alpha value is -1.70. The molecular weight excluding hydrogens is 360 g/mol. The molecule has 1 aromatic carbocycles. The summed E-state index contributed by atoms with van der Waals surface area (Å²) in [6, 6.07) is 2.24. The molecule has 3 unspecified atom stereocenters. The number of fused-ring (bicyclic) bond motifs is 1. The van der Waals surface area contributed by atoms with E-state index in [1.165, 1.54) is 0 Å². The number of nitrogen functional groups attached to an aromatic ring is 1. The van der Waals surface area contributed by atoms with Gasteiger partial charge < -0.3 is 30.4 Å². The second-order valence-electron chi connectivity index (χ2n) is 6.87. The predicted octanol–water partition coefficient (Wildman–Crippen LogP) is 2.09. The number of anilines is 1. The van der Waals surface area contributed by atoms with Crippen molar-refractivity contribution in [1.29, 1.82) is 0 Å². The van der Waals surface area contributed by atoms with Crippen LogP contribution in [0.1, 0.15) is 24.8 Å². The van der Waals surface area contributed by atoms with Gasteiger partial charge in [0.25, 0.3) is 0 Å². The number of methoxy groups -OCH3 is 1. The number of carboxylic acids is 1. The first kappa shape index (κ1) is 19.1. The number of aliphatic carboxylic acids is 1. The lowest BCUT2D eigenvalue weighted by Gasteiger charge is -2.32. The summed E-state index contributed by atoms with van der Waals surface area (Å²) in [5.74, 6) is 0.158. The SMILES string of the molecule is COCCC1CC(Cc2cc(Cl)c(N)c3c2OCC(C(=O)O)O3)CCN1. The van der Waals surface area contributed by atoms with Crippen LogP contribution in [0.3, 0.4) is 0 Å². The first-order valence-electron chi connectivity index (χ1n) is 8.85. The van der Waals surface area contributed by atoms with Crippen LogP contribution in [0.2, 0.25) is 5.02 Å². The number of rotatable bonds is 6. The molecule has 2 aliphatic heterocycles. The molecule has 3 atom stereocenters. The van der Waals surface area contributed by atoms with Crippen LogP contribution in [-0.4, -0.2) is 50.1 Å². The molecule has 8 heteroatoms. The zero-order valence-corrected chi connectivity index (χ0v) is 15.6. The van der Waals surface area contributed by atoms with E-state index < -0.39 is 12.1 Å². The maximum absolute atomic E-state index is 11.2. The molecule has 0 bridgehead atoms. The van der Waals surface area contributed by atoms with Crippen molar-refractivity contribution in [3.63, 3.8) is 0 Å². The number of nitrogens with one attached hydrogen (secondary N) is 1. The number of piperidine rings is 1. The van der Waals surface area contributed by atoms with Gasteiger partial charge in [-0.15, -0.1) is 0 Å². The second kappa shape index (κ2) is 8.33. The molecule has 26 heavy (non-hydrogen) atoms. The van der Waals surface area contributed by atoms with E-state index in [0.29, 0.717) is 22.7 Å². The highest BCUT2D eigenvalue weighted by Crippen LogP contribution is 2.45. The Labute approximate surface area is 157 Å². The average Bonchev–Trinajstić information content (AvgIpc) is 2.64. The van der Waals surface area contributed by atoms with Crippen LogP contribution < -0.4 is 20.5 Å². The van der Waals surface area contributed by atoms with E-state index in [2.05, 4.69) is 5.32 Å². The van der Waals surface area contributed by atoms with Gasteiger partial charge in [0.2, 0.25) is 6.10 Å². The Morgan fingerprint density at radius 2 is 2.31 bits per heavy atom. The van der Waals surface area contributed by atoms with Crippen molar-refractivity contribution in [3.05, 3.63) is 16.7 Å². The van der Waals surface area contributed by atoms with Crippen molar-refractivity contribution in [2.24, 2.45) is 5.92 Å². The molecule has 0 aromatic heterocycles. The Kier molecular flexibility index (Phi) is 6.11. The van der Waals surface area contributed by atoms with Gasteiger partial charge in [0.15, 0.2) is 11.5 Å². The lowest BCUT2D eigenvalue weighted by atomic mass is 9.86. The minimum absolute atomic E-state index is 0.0426. The molecule has 0 aliphatic carbocycles. The zero-order chi connectivity index (χ0) is 18.7. The van der Waals surface area contributed by atoms with Crippen LogP contribution >= 0.6 is 11.6 Å². The summed E-state index contributed by atoms with van der Waals surface area (Å²) in [6.45, 7) is 1.66. The molecule has 3 rings (SSSR count). The Balaban J connectivity index is 1.77. The molecule has 0 radical (unpaired) electrons. The Morgan fingerprint density at radius 3 is 3.04 bits per heavy atom. The summed E-state index contributed by atoms with van der Waals surface area (Å²) < 4.78 is 16.4. The van der Waals surface area contributed by atoms with Gasteiger partial charge in [0.1, 0.15) is 6.61 Å². The number of benzene rings is 1. The fraction of sp³-hybridized carbons (Fsp3) is 0.611. The van der Waals surface area contributed by atoms with Gasteiger partial charge in [-0.2, -0.15) is 0 Å². The number of carboxylic acid groups (broad SMARTS) is 1. The van der Waals surface area contributed by atoms with Gasteiger partial charge in [-0.3, -0.25) is 0 Å². The van der Waals surface area contributed by atoms with Crippen LogP contribution in [0.4, 0.5) is 5.69 Å². The number of ether oxygens (including phenoxy) is 3. The summed E-state index contributed by atoms with van der Waals surface area (Å²) in [5, 5.41) is 13.0. The molecule has 2 aliphatic rings.